The Labute approximate surface area is 235 Å². The zero-order chi connectivity index (χ0) is 26.8. The SMILES string of the molecule is CCc1nnc(NC(=O)CSc2nnc(N3C(N)=C(C#N)C(c4ccccc4Cl)C4=C3CCCC4=O)s2)s1. The van der Waals surface area contributed by atoms with Gasteiger partial charge in [-0.05, 0) is 30.9 Å². The van der Waals surface area contributed by atoms with Crippen LogP contribution in [0.3, 0.4) is 0 Å². The fourth-order valence-corrected chi connectivity index (χ4v) is 7.03. The smallest absolute Gasteiger partial charge is 0.236 e. The quantitative estimate of drug-likeness (QED) is 0.376. The van der Waals surface area contributed by atoms with Crippen LogP contribution in [0.1, 0.15) is 42.7 Å². The van der Waals surface area contributed by atoms with Gasteiger partial charge in [0.2, 0.25) is 16.2 Å². The van der Waals surface area contributed by atoms with E-state index in [1.807, 2.05) is 19.1 Å². The van der Waals surface area contributed by atoms with E-state index in [-0.39, 0.29) is 28.8 Å². The largest absolute Gasteiger partial charge is 0.384 e. The maximum Gasteiger partial charge on any atom is 0.236 e. The van der Waals surface area contributed by atoms with E-state index in [4.69, 9.17) is 17.3 Å². The van der Waals surface area contributed by atoms with Gasteiger partial charge in [-0.25, -0.2) is 0 Å². The Hall–Kier alpha value is -3.31. The number of nitrogens with one attached hydrogen (secondary N) is 1. The molecule has 0 saturated carbocycles. The number of amides is 1. The summed E-state index contributed by atoms with van der Waals surface area (Å²) in [6, 6.07) is 9.39. The Kier molecular flexibility index (Phi) is 7.75. The molecule has 3 aromatic rings. The van der Waals surface area contributed by atoms with Gasteiger partial charge in [0.15, 0.2) is 10.1 Å². The number of thioether (sulfide) groups is 1. The lowest BCUT2D eigenvalue weighted by Crippen LogP contribution is -2.38. The summed E-state index contributed by atoms with van der Waals surface area (Å²) in [5, 5.41) is 31.5. The van der Waals surface area contributed by atoms with E-state index in [1.54, 1.807) is 17.0 Å². The second-order valence-electron chi connectivity index (χ2n) is 8.38. The molecule has 10 nitrogen and oxygen atoms in total. The van der Waals surface area contributed by atoms with Gasteiger partial charge in [-0.1, -0.05) is 71.2 Å². The molecule has 1 atom stereocenters. The number of aromatic nitrogens is 4. The topological polar surface area (TPSA) is 151 Å². The van der Waals surface area contributed by atoms with Crippen LogP contribution < -0.4 is 16.0 Å². The van der Waals surface area contributed by atoms with Crippen molar-refractivity contribution in [3.8, 4) is 6.07 Å². The van der Waals surface area contributed by atoms with Crippen molar-refractivity contribution < 1.29 is 9.59 Å². The molecule has 0 saturated heterocycles. The van der Waals surface area contributed by atoms with E-state index >= 15 is 0 Å². The van der Waals surface area contributed by atoms with E-state index in [0.29, 0.717) is 55.7 Å². The molecular weight excluding hydrogens is 564 g/mol. The highest BCUT2D eigenvalue weighted by Gasteiger charge is 2.41. The molecular formula is C24H21ClN8O2S3. The maximum atomic E-state index is 13.2. The van der Waals surface area contributed by atoms with Crippen LogP contribution in [0, 0.1) is 11.3 Å². The highest BCUT2D eigenvalue weighted by atomic mass is 35.5. The Morgan fingerprint density at radius 3 is 2.82 bits per heavy atom. The number of hydrogen-bond acceptors (Lipinski definition) is 12. The molecule has 3 N–H and O–H groups in total. The third-order valence-electron chi connectivity index (χ3n) is 6.06. The van der Waals surface area contributed by atoms with E-state index in [1.165, 1.54) is 34.4 Å². The van der Waals surface area contributed by atoms with Crippen molar-refractivity contribution in [2.24, 2.45) is 5.73 Å². The first-order chi connectivity index (χ1) is 18.4. The highest BCUT2D eigenvalue weighted by Crippen LogP contribution is 2.48. The summed E-state index contributed by atoms with van der Waals surface area (Å²) >= 11 is 10.3. The van der Waals surface area contributed by atoms with Gasteiger partial charge in [0.1, 0.15) is 10.8 Å². The number of aryl methyl sites for hydroxylation is 1. The number of ketones is 1. The summed E-state index contributed by atoms with van der Waals surface area (Å²) in [4.78, 5) is 27.3. The van der Waals surface area contributed by atoms with Crippen LogP contribution in [-0.2, 0) is 16.0 Å². The van der Waals surface area contributed by atoms with Gasteiger partial charge in [0.05, 0.1) is 23.3 Å². The number of hydrogen-bond donors (Lipinski definition) is 2. The summed E-state index contributed by atoms with van der Waals surface area (Å²) in [5.74, 6) is -0.628. The maximum absolute atomic E-state index is 13.2. The number of carbonyl (C=O) groups is 2. The van der Waals surface area contributed by atoms with Crippen LogP contribution in [-0.4, -0.2) is 37.8 Å². The minimum Gasteiger partial charge on any atom is -0.384 e. The Morgan fingerprint density at radius 1 is 1.26 bits per heavy atom. The van der Waals surface area contributed by atoms with E-state index in [0.717, 1.165) is 11.4 Å². The molecule has 0 bridgehead atoms. The minimum atomic E-state index is -0.646. The first kappa shape index (κ1) is 26.3. The van der Waals surface area contributed by atoms with Crippen LogP contribution in [0.2, 0.25) is 5.02 Å². The standard InChI is InChI=1S/C24H21ClN8O2S3/c1-2-18-29-30-22(37-18)28-17(35)11-36-24-32-31-23(38-24)33-15-8-5-9-16(34)20(15)19(13(10-26)21(33)27)12-6-3-4-7-14(12)25/h3-4,6-7,19H,2,5,8-9,11,27H2,1H3,(H,28,30,35). The molecule has 1 aliphatic carbocycles. The third-order valence-corrected chi connectivity index (χ3v) is 9.43. The van der Waals surface area contributed by atoms with Gasteiger partial charge in [-0.2, -0.15) is 5.26 Å². The molecule has 1 amide bonds. The molecule has 14 heteroatoms. The average Bonchev–Trinajstić information content (AvgIpc) is 3.57. The van der Waals surface area contributed by atoms with Crippen LogP contribution in [0.25, 0.3) is 0 Å². The monoisotopic (exact) mass is 584 g/mol. The Bertz CT molecular complexity index is 1520. The second-order valence-corrected chi connectivity index (χ2v) is 12.0. The molecule has 1 unspecified atom stereocenters. The molecule has 1 aliphatic heterocycles. The number of rotatable bonds is 7. The molecule has 1 aromatic carbocycles. The predicted molar refractivity (Wildman–Crippen MR) is 148 cm³/mol. The average molecular weight is 585 g/mol. The first-order valence-electron chi connectivity index (χ1n) is 11.7. The van der Waals surface area contributed by atoms with Crippen molar-refractivity contribution in [1.82, 2.24) is 20.4 Å². The normalized spacial score (nSPS) is 17.4. The van der Waals surface area contributed by atoms with Crippen molar-refractivity contribution in [1.29, 1.82) is 5.26 Å². The number of Topliss-reactive ketones (excluding diaryl/α,β-unsaturated/α-hetero) is 1. The predicted octanol–water partition coefficient (Wildman–Crippen LogP) is 4.64. The molecule has 38 heavy (non-hydrogen) atoms. The fourth-order valence-electron chi connectivity index (χ4n) is 4.41. The molecule has 2 aliphatic rings. The summed E-state index contributed by atoms with van der Waals surface area (Å²) in [5.41, 5.74) is 8.70. The molecule has 0 spiro atoms. The Balaban J connectivity index is 1.42. The van der Waals surface area contributed by atoms with Gasteiger partial charge < -0.3 is 5.73 Å². The molecule has 0 radical (unpaired) electrons. The zero-order valence-corrected chi connectivity index (χ0v) is 23.3. The van der Waals surface area contributed by atoms with Gasteiger partial charge >= 0.3 is 0 Å². The number of benzene rings is 1. The van der Waals surface area contributed by atoms with Crippen molar-refractivity contribution in [2.45, 2.75) is 42.9 Å². The number of nitrogens with zero attached hydrogens (tertiary/aromatic N) is 6. The van der Waals surface area contributed by atoms with Crippen molar-refractivity contribution in [2.75, 3.05) is 16.0 Å². The molecule has 2 aromatic heterocycles. The lowest BCUT2D eigenvalue weighted by atomic mass is 9.76. The van der Waals surface area contributed by atoms with Crippen LogP contribution in [0.4, 0.5) is 10.3 Å². The summed E-state index contributed by atoms with van der Waals surface area (Å²) < 4.78 is 0.547. The van der Waals surface area contributed by atoms with Crippen LogP contribution in [0.15, 0.2) is 51.3 Å². The summed E-state index contributed by atoms with van der Waals surface area (Å²) in [7, 11) is 0. The van der Waals surface area contributed by atoms with Gasteiger partial charge in [0.25, 0.3) is 0 Å². The van der Waals surface area contributed by atoms with E-state index < -0.39 is 5.92 Å². The number of carbonyl (C=O) groups excluding carboxylic acids is 2. The van der Waals surface area contributed by atoms with Gasteiger partial charge in [-0.15, -0.1) is 20.4 Å². The Morgan fingerprint density at radius 2 is 2.08 bits per heavy atom. The molecule has 0 fully saturated rings. The van der Waals surface area contributed by atoms with Gasteiger partial charge in [-0.3, -0.25) is 19.8 Å². The van der Waals surface area contributed by atoms with Crippen molar-refractivity contribution >= 4 is 68.0 Å². The van der Waals surface area contributed by atoms with E-state index in [2.05, 4.69) is 31.8 Å². The minimum absolute atomic E-state index is 0.0416. The summed E-state index contributed by atoms with van der Waals surface area (Å²) in [6.07, 6.45) is 2.38. The fraction of sp³-hybridized carbons (Fsp3) is 0.292. The zero-order valence-electron chi connectivity index (χ0n) is 20.1. The number of nitrogens with two attached hydrogens (primary N) is 1. The molecule has 5 rings (SSSR count). The highest BCUT2D eigenvalue weighted by molar-refractivity contribution is 8.01. The van der Waals surface area contributed by atoms with Gasteiger partial charge in [0, 0.05) is 22.7 Å². The summed E-state index contributed by atoms with van der Waals surface area (Å²) in [6.45, 7) is 1.97. The number of allylic oxidation sites excluding steroid dienone is 3. The van der Waals surface area contributed by atoms with Crippen molar-refractivity contribution in [3.05, 3.63) is 62.5 Å². The number of halogens is 1. The lowest BCUT2D eigenvalue weighted by molar-refractivity contribution is -0.116. The molecule has 194 valence electrons. The second kappa shape index (κ2) is 11.2. The third kappa shape index (κ3) is 5.04. The van der Waals surface area contributed by atoms with Crippen molar-refractivity contribution in [3.63, 3.8) is 0 Å². The van der Waals surface area contributed by atoms with Crippen LogP contribution >= 0.6 is 46.0 Å². The number of anilines is 2. The lowest BCUT2D eigenvalue weighted by Gasteiger charge is -2.38. The first-order valence-corrected chi connectivity index (χ1v) is 14.7. The molecule has 3 heterocycles. The van der Waals surface area contributed by atoms with E-state index in [9.17, 15) is 14.9 Å². The van der Waals surface area contributed by atoms with Crippen LogP contribution in [0.5, 0.6) is 0 Å². The number of nitriles is 1.